The van der Waals surface area contributed by atoms with Crippen molar-refractivity contribution in [3.8, 4) is 0 Å². The standard InChI is InChI=1S/C19H24F2N2O4S2/c20-18-9-5-16(6-10-18)3-1-13-22-28(24,25)15-29(26,27)23-14-2-4-17-7-11-19(21)12-8-17/h5-12,22-23H,1-4,13-15H2. The quantitative estimate of drug-likeness (QED) is 0.490. The summed E-state index contributed by atoms with van der Waals surface area (Å²) in [6, 6.07) is 11.8. The monoisotopic (exact) mass is 446 g/mol. The van der Waals surface area contributed by atoms with E-state index < -0.39 is 25.1 Å². The molecule has 0 unspecified atom stereocenters. The molecule has 0 saturated heterocycles. The van der Waals surface area contributed by atoms with Gasteiger partial charge in [-0.3, -0.25) is 0 Å². The van der Waals surface area contributed by atoms with Crippen LogP contribution in [0.25, 0.3) is 0 Å². The van der Waals surface area contributed by atoms with Crippen molar-refractivity contribution in [2.24, 2.45) is 0 Å². The Morgan fingerprint density at radius 2 is 0.966 bits per heavy atom. The van der Waals surface area contributed by atoms with E-state index in [9.17, 15) is 25.6 Å². The van der Waals surface area contributed by atoms with Gasteiger partial charge in [0.2, 0.25) is 20.0 Å². The number of hydrogen-bond acceptors (Lipinski definition) is 4. The molecule has 2 rings (SSSR count). The molecule has 160 valence electrons. The van der Waals surface area contributed by atoms with Crippen LogP contribution in [0.5, 0.6) is 0 Å². The number of benzene rings is 2. The maximum atomic E-state index is 12.8. The van der Waals surface area contributed by atoms with Gasteiger partial charge in [0.1, 0.15) is 11.6 Å². The van der Waals surface area contributed by atoms with Crippen molar-refractivity contribution in [1.82, 2.24) is 9.44 Å². The molecule has 0 atom stereocenters. The molecule has 0 aliphatic carbocycles. The summed E-state index contributed by atoms with van der Waals surface area (Å²) < 4.78 is 78.1. The summed E-state index contributed by atoms with van der Waals surface area (Å²) in [5.41, 5.74) is 1.72. The van der Waals surface area contributed by atoms with Crippen LogP contribution in [-0.4, -0.2) is 35.0 Å². The molecular formula is C19H24F2N2O4S2. The second-order valence-electron chi connectivity index (χ2n) is 6.60. The Bertz CT molecular complexity index is 896. The summed E-state index contributed by atoms with van der Waals surface area (Å²) in [6.07, 6.45) is 1.99. The van der Waals surface area contributed by atoms with E-state index in [0.717, 1.165) is 11.1 Å². The molecule has 0 radical (unpaired) electrons. The van der Waals surface area contributed by atoms with Gasteiger partial charge in [-0.05, 0) is 61.1 Å². The first-order chi connectivity index (χ1) is 13.7. The predicted molar refractivity (Wildman–Crippen MR) is 108 cm³/mol. The van der Waals surface area contributed by atoms with Gasteiger partial charge in [0, 0.05) is 13.1 Å². The van der Waals surface area contributed by atoms with Gasteiger partial charge in [0.15, 0.2) is 5.08 Å². The average Bonchev–Trinajstić information content (AvgIpc) is 2.64. The van der Waals surface area contributed by atoms with Crippen molar-refractivity contribution >= 4 is 20.0 Å². The van der Waals surface area contributed by atoms with Gasteiger partial charge in [0.25, 0.3) is 0 Å². The summed E-state index contributed by atoms with van der Waals surface area (Å²) in [5, 5.41) is -1.05. The van der Waals surface area contributed by atoms with E-state index in [0.29, 0.717) is 25.7 Å². The number of halogens is 2. The molecule has 0 fully saturated rings. The Labute approximate surface area is 170 Å². The molecule has 0 aliphatic heterocycles. The fraction of sp³-hybridized carbons (Fsp3) is 0.368. The summed E-state index contributed by atoms with van der Waals surface area (Å²) in [6.45, 7) is 0.166. The molecule has 0 heterocycles. The highest BCUT2D eigenvalue weighted by molar-refractivity contribution is 8.06. The highest BCUT2D eigenvalue weighted by Gasteiger charge is 2.21. The van der Waals surface area contributed by atoms with E-state index >= 15 is 0 Å². The first kappa shape index (κ1) is 23.4. The lowest BCUT2D eigenvalue weighted by atomic mass is 10.1. The molecule has 2 aromatic carbocycles. The van der Waals surface area contributed by atoms with Crippen LogP contribution in [0.3, 0.4) is 0 Å². The average molecular weight is 447 g/mol. The summed E-state index contributed by atoms with van der Waals surface area (Å²) >= 11 is 0. The van der Waals surface area contributed by atoms with Gasteiger partial charge in [0.05, 0.1) is 0 Å². The zero-order valence-electron chi connectivity index (χ0n) is 15.8. The van der Waals surface area contributed by atoms with Crippen LogP contribution < -0.4 is 9.44 Å². The first-order valence-corrected chi connectivity index (χ1v) is 12.4. The molecule has 2 aromatic rings. The molecule has 0 bridgehead atoms. The molecule has 0 saturated carbocycles. The lowest BCUT2D eigenvalue weighted by Gasteiger charge is -2.09. The Morgan fingerprint density at radius 3 is 1.31 bits per heavy atom. The molecule has 0 aliphatic rings. The summed E-state index contributed by atoms with van der Waals surface area (Å²) in [5.74, 6) is -0.686. The second-order valence-corrected chi connectivity index (χ2v) is 10.6. The Morgan fingerprint density at radius 1 is 0.621 bits per heavy atom. The predicted octanol–water partition coefficient (Wildman–Crippen LogP) is 2.33. The van der Waals surface area contributed by atoms with Crippen molar-refractivity contribution in [3.05, 3.63) is 71.3 Å². The van der Waals surface area contributed by atoms with Crippen LogP contribution in [0, 0.1) is 11.6 Å². The van der Waals surface area contributed by atoms with Gasteiger partial charge < -0.3 is 0 Å². The fourth-order valence-corrected chi connectivity index (χ4v) is 5.84. The molecule has 0 amide bonds. The third-order valence-electron chi connectivity index (χ3n) is 4.07. The highest BCUT2D eigenvalue weighted by atomic mass is 32.3. The third-order valence-corrected chi connectivity index (χ3v) is 7.84. The van der Waals surface area contributed by atoms with Crippen molar-refractivity contribution in [1.29, 1.82) is 0 Å². The Kier molecular flexibility index (Phi) is 8.69. The molecular weight excluding hydrogens is 422 g/mol. The number of sulfonamides is 2. The molecule has 0 spiro atoms. The number of rotatable bonds is 12. The molecule has 2 N–H and O–H groups in total. The van der Waals surface area contributed by atoms with Crippen LogP contribution in [-0.2, 0) is 32.9 Å². The third kappa shape index (κ3) is 9.44. The van der Waals surface area contributed by atoms with Crippen molar-refractivity contribution in [2.45, 2.75) is 25.7 Å². The van der Waals surface area contributed by atoms with Gasteiger partial charge in [-0.1, -0.05) is 24.3 Å². The zero-order chi connectivity index (χ0) is 21.3. The van der Waals surface area contributed by atoms with Crippen LogP contribution in [0.15, 0.2) is 48.5 Å². The molecule has 10 heteroatoms. The van der Waals surface area contributed by atoms with Crippen molar-refractivity contribution in [2.75, 3.05) is 18.2 Å². The van der Waals surface area contributed by atoms with Crippen LogP contribution >= 0.6 is 0 Å². The zero-order valence-corrected chi connectivity index (χ0v) is 17.4. The van der Waals surface area contributed by atoms with E-state index in [2.05, 4.69) is 9.44 Å². The van der Waals surface area contributed by atoms with E-state index in [1.807, 2.05) is 0 Å². The van der Waals surface area contributed by atoms with E-state index in [-0.39, 0.29) is 24.7 Å². The SMILES string of the molecule is O=S(=O)(CS(=O)(=O)NCCCc1ccc(F)cc1)NCCCc1ccc(F)cc1. The number of aryl methyl sites for hydroxylation is 2. The normalized spacial score (nSPS) is 12.2. The number of hydrogen-bond donors (Lipinski definition) is 2. The lowest BCUT2D eigenvalue weighted by molar-refractivity contribution is 0.571. The van der Waals surface area contributed by atoms with E-state index in [4.69, 9.17) is 0 Å². The topological polar surface area (TPSA) is 92.3 Å². The van der Waals surface area contributed by atoms with Crippen LogP contribution in [0.1, 0.15) is 24.0 Å². The van der Waals surface area contributed by atoms with E-state index in [1.165, 1.54) is 24.3 Å². The molecule has 6 nitrogen and oxygen atoms in total. The van der Waals surface area contributed by atoms with E-state index in [1.54, 1.807) is 24.3 Å². The second kappa shape index (κ2) is 10.8. The van der Waals surface area contributed by atoms with Gasteiger partial charge >= 0.3 is 0 Å². The van der Waals surface area contributed by atoms with Gasteiger partial charge in [-0.2, -0.15) is 0 Å². The summed E-state index contributed by atoms with van der Waals surface area (Å²) in [7, 11) is -7.99. The minimum atomic E-state index is -4.00. The van der Waals surface area contributed by atoms with Gasteiger partial charge in [-0.25, -0.2) is 35.1 Å². The summed E-state index contributed by atoms with van der Waals surface area (Å²) in [4.78, 5) is 0. The maximum Gasteiger partial charge on any atom is 0.227 e. The van der Waals surface area contributed by atoms with Crippen LogP contribution in [0.2, 0.25) is 0 Å². The Hall–Kier alpha value is -1.88. The van der Waals surface area contributed by atoms with Crippen molar-refractivity contribution < 1.29 is 25.6 Å². The smallest absolute Gasteiger partial charge is 0.214 e. The van der Waals surface area contributed by atoms with Crippen LogP contribution in [0.4, 0.5) is 8.78 Å². The minimum Gasteiger partial charge on any atom is -0.214 e. The first-order valence-electron chi connectivity index (χ1n) is 9.09. The lowest BCUT2D eigenvalue weighted by Crippen LogP contribution is -2.37. The number of nitrogens with one attached hydrogen (secondary N) is 2. The maximum absolute atomic E-state index is 12.8. The highest BCUT2D eigenvalue weighted by Crippen LogP contribution is 2.06. The minimum absolute atomic E-state index is 0.0831. The molecule has 29 heavy (non-hydrogen) atoms. The molecule has 0 aromatic heterocycles. The Balaban J connectivity index is 1.68. The fourth-order valence-electron chi connectivity index (χ4n) is 2.63. The van der Waals surface area contributed by atoms with Crippen molar-refractivity contribution in [3.63, 3.8) is 0 Å². The van der Waals surface area contributed by atoms with Gasteiger partial charge in [-0.15, -0.1) is 0 Å². The largest absolute Gasteiger partial charge is 0.227 e.